The highest BCUT2D eigenvalue weighted by Gasteiger charge is 2.32. The molecule has 0 bridgehead atoms. The highest BCUT2D eigenvalue weighted by atomic mass is 31.0. The molecule has 1 N–H and O–H groups in total. The third-order valence-corrected chi connectivity index (χ3v) is 6.98. The van der Waals surface area contributed by atoms with Crippen LogP contribution in [0.2, 0.25) is 0 Å². The number of hydrogen-bond donors (Lipinski definition) is 1. The lowest BCUT2D eigenvalue weighted by Gasteiger charge is -2.40. The first-order valence-electron chi connectivity index (χ1n) is 11.2. The molecule has 0 aliphatic carbocycles. The van der Waals surface area contributed by atoms with Crippen LogP contribution >= 0.6 is 28.2 Å². The van der Waals surface area contributed by atoms with Gasteiger partial charge in [-0.05, 0) is 34.5 Å². The van der Waals surface area contributed by atoms with Gasteiger partial charge in [-0.3, -0.25) is 14.0 Å². The summed E-state index contributed by atoms with van der Waals surface area (Å²) < 4.78 is 7.30. The van der Waals surface area contributed by atoms with Crippen LogP contribution < -0.4 is 5.32 Å². The lowest BCUT2D eigenvalue weighted by molar-refractivity contribution is 0.133. The molecule has 1 heterocycles. The lowest BCUT2D eigenvalue weighted by Crippen LogP contribution is -2.42. The van der Waals surface area contributed by atoms with Crippen molar-refractivity contribution in [1.82, 2.24) is 19.3 Å². The Kier molecular flexibility index (Phi) is 11.0. The summed E-state index contributed by atoms with van der Waals surface area (Å²) in [7, 11) is 8.91. The molecule has 1 aliphatic rings. The SMILES string of the molecule is CC1(C)CNCCN(P)CC(C)(C)CC(C)(C)CN(P)CCN(P)CC(C)(C)C1. The lowest BCUT2D eigenvalue weighted by atomic mass is 9.74. The van der Waals surface area contributed by atoms with Crippen LogP contribution in [0.25, 0.3) is 0 Å². The van der Waals surface area contributed by atoms with E-state index in [1.165, 1.54) is 12.8 Å². The smallest absolute Gasteiger partial charge is 0.0148 e. The van der Waals surface area contributed by atoms with Gasteiger partial charge in [-0.15, -0.1) is 0 Å². The Morgan fingerprint density at radius 3 is 1.31 bits per heavy atom. The fraction of sp³-hybridized carbons (Fsp3) is 1.00. The number of rotatable bonds is 0. The molecule has 0 spiro atoms. The van der Waals surface area contributed by atoms with E-state index in [9.17, 15) is 0 Å². The summed E-state index contributed by atoms with van der Waals surface area (Å²) in [6.45, 7) is 28.0. The van der Waals surface area contributed by atoms with Gasteiger partial charge < -0.3 is 5.32 Å². The van der Waals surface area contributed by atoms with Crippen molar-refractivity contribution in [2.24, 2.45) is 21.7 Å². The van der Waals surface area contributed by atoms with Crippen LogP contribution in [0.4, 0.5) is 0 Å². The number of hydrogen-bond acceptors (Lipinski definition) is 4. The molecule has 174 valence electrons. The quantitative estimate of drug-likeness (QED) is 0.522. The molecule has 4 nitrogen and oxygen atoms in total. The van der Waals surface area contributed by atoms with E-state index in [0.717, 1.165) is 52.4 Å². The molecule has 29 heavy (non-hydrogen) atoms. The Morgan fingerprint density at radius 2 is 0.897 bits per heavy atom. The Balaban J connectivity index is 2.88. The van der Waals surface area contributed by atoms with E-state index >= 15 is 0 Å². The fourth-order valence-corrected chi connectivity index (χ4v) is 7.46. The van der Waals surface area contributed by atoms with Crippen LogP contribution in [0.1, 0.15) is 68.2 Å². The predicted octanol–water partition coefficient (Wildman–Crippen LogP) is 4.75. The van der Waals surface area contributed by atoms with Gasteiger partial charge in [0.25, 0.3) is 0 Å². The highest BCUT2D eigenvalue weighted by molar-refractivity contribution is 7.13. The van der Waals surface area contributed by atoms with Gasteiger partial charge in [-0.2, -0.15) is 0 Å². The topological polar surface area (TPSA) is 21.8 Å². The van der Waals surface area contributed by atoms with Gasteiger partial charge in [0, 0.05) is 52.4 Å². The summed E-state index contributed by atoms with van der Waals surface area (Å²) in [6, 6.07) is 0. The second kappa shape index (κ2) is 11.3. The van der Waals surface area contributed by atoms with Gasteiger partial charge >= 0.3 is 0 Å². The summed E-state index contributed by atoms with van der Waals surface area (Å²) in [5.41, 5.74) is 1.16. The van der Waals surface area contributed by atoms with Gasteiger partial charge in [-0.1, -0.05) is 83.6 Å². The molecular weight excluding hydrogens is 413 g/mol. The van der Waals surface area contributed by atoms with Gasteiger partial charge in [-0.25, -0.2) is 0 Å². The minimum Gasteiger partial charge on any atom is -0.315 e. The zero-order valence-corrected chi connectivity index (χ0v) is 24.1. The largest absolute Gasteiger partial charge is 0.315 e. The molecule has 0 saturated carbocycles. The van der Waals surface area contributed by atoms with Crippen LogP contribution in [0, 0.1) is 21.7 Å². The molecule has 1 fully saturated rings. The summed E-state index contributed by atoms with van der Waals surface area (Å²) in [6.07, 6.45) is 2.43. The van der Waals surface area contributed by atoms with Crippen molar-refractivity contribution in [1.29, 1.82) is 0 Å². The Bertz CT molecular complexity index is 494. The first kappa shape index (κ1) is 28.2. The molecule has 3 unspecified atom stereocenters. The Hall–Kier alpha value is 1.13. The average molecular weight is 465 g/mol. The third-order valence-electron chi connectivity index (χ3n) is 5.66. The first-order valence-corrected chi connectivity index (χ1v) is 12.8. The van der Waals surface area contributed by atoms with Gasteiger partial charge in [0.2, 0.25) is 0 Å². The maximum Gasteiger partial charge on any atom is 0.0148 e. The molecule has 0 aromatic rings. The average Bonchev–Trinajstić information content (AvgIpc) is 2.44. The molecule has 1 rings (SSSR count). The summed E-state index contributed by atoms with van der Waals surface area (Å²) >= 11 is 0. The van der Waals surface area contributed by atoms with E-state index in [4.69, 9.17) is 0 Å². The van der Waals surface area contributed by atoms with Crippen LogP contribution in [0.15, 0.2) is 0 Å². The fourth-order valence-electron chi connectivity index (χ4n) is 5.61. The normalized spacial score (nSPS) is 29.1. The van der Waals surface area contributed by atoms with Gasteiger partial charge in [0.15, 0.2) is 0 Å². The Morgan fingerprint density at radius 1 is 0.552 bits per heavy atom. The standard InChI is InChI=1S/C22H51N4P3/c1-19(2)13-20(3,4)17-25(28)11-12-26(29)18-22(7,8)14-21(5,6)16-24(27)10-9-23-15-19/h23H,9-18,27-29H2,1-8H3. The predicted molar refractivity (Wildman–Crippen MR) is 141 cm³/mol. The van der Waals surface area contributed by atoms with Crippen molar-refractivity contribution >= 4 is 28.2 Å². The number of nitrogens with one attached hydrogen (secondary N) is 1. The van der Waals surface area contributed by atoms with E-state index in [1.54, 1.807) is 0 Å². The van der Waals surface area contributed by atoms with Gasteiger partial charge in [0.05, 0.1) is 0 Å². The highest BCUT2D eigenvalue weighted by Crippen LogP contribution is 2.37. The molecule has 0 amide bonds. The molecular formula is C22H51N4P3. The second-order valence-electron chi connectivity index (χ2n) is 12.6. The first-order chi connectivity index (χ1) is 13.0. The minimum absolute atomic E-state index is 0.287. The zero-order chi connectivity index (χ0) is 22.5. The molecule has 7 heteroatoms. The summed E-state index contributed by atoms with van der Waals surface area (Å²) in [5, 5.41) is 3.73. The van der Waals surface area contributed by atoms with Crippen molar-refractivity contribution in [3.05, 3.63) is 0 Å². The molecule has 3 atom stereocenters. The zero-order valence-electron chi connectivity index (χ0n) is 20.6. The summed E-state index contributed by atoms with van der Waals surface area (Å²) in [4.78, 5) is 0. The maximum absolute atomic E-state index is 3.73. The molecule has 0 aromatic heterocycles. The summed E-state index contributed by atoms with van der Waals surface area (Å²) in [5.74, 6) is 0. The van der Waals surface area contributed by atoms with Crippen molar-refractivity contribution in [2.75, 3.05) is 52.4 Å². The minimum atomic E-state index is 0.287. The Labute approximate surface area is 189 Å². The van der Waals surface area contributed by atoms with Crippen molar-refractivity contribution in [3.8, 4) is 0 Å². The van der Waals surface area contributed by atoms with Crippen molar-refractivity contribution < 1.29 is 0 Å². The number of nitrogens with zero attached hydrogens (tertiary/aromatic N) is 3. The molecule has 1 aliphatic heterocycles. The van der Waals surface area contributed by atoms with Gasteiger partial charge in [0.1, 0.15) is 0 Å². The molecule has 0 aromatic carbocycles. The molecule has 1 saturated heterocycles. The molecule has 0 radical (unpaired) electrons. The van der Waals surface area contributed by atoms with Crippen LogP contribution in [0.5, 0.6) is 0 Å². The van der Waals surface area contributed by atoms with E-state index in [-0.39, 0.29) is 10.8 Å². The maximum atomic E-state index is 3.73. The van der Waals surface area contributed by atoms with Crippen molar-refractivity contribution in [3.63, 3.8) is 0 Å². The van der Waals surface area contributed by atoms with Crippen LogP contribution in [-0.4, -0.2) is 66.4 Å². The van der Waals surface area contributed by atoms with E-state index in [1.807, 2.05) is 0 Å². The third kappa shape index (κ3) is 12.7. The van der Waals surface area contributed by atoms with E-state index in [0.29, 0.717) is 10.8 Å². The second-order valence-corrected chi connectivity index (χ2v) is 14.8. The van der Waals surface area contributed by atoms with E-state index < -0.39 is 0 Å². The van der Waals surface area contributed by atoms with Crippen LogP contribution in [-0.2, 0) is 0 Å². The van der Waals surface area contributed by atoms with E-state index in [2.05, 4.69) is 103 Å². The van der Waals surface area contributed by atoms with Crippen molar-refractivity contribution in [2.45, 2.75) is 68.2 Å². The van der Waals surface area contributed by atoms with Crippen LogP contribution in [0.3, 0.4) is 0 Å². The monoisotopic (exact) mass is 464 g/mol.